The summed E-state index contributed by atoms with van der Waals surface area (Å²) >= 11 is 0. The van der Waals surface area contributed by atoms with Gasteiger partial charge in [-0.2, -0.15) is 0 Å². The molecular weight excluding hydrogens is 456 g/mol. The number of benzene rings is 3. The third-order valence-corrected chi connectivity index (χ3v) is 5.83. The summed E-state index contributed by atoms with van der Waals surface area (Å²) in [6.45, 7) is -0.173. The van der Waals surface area contributed by atoms with E-state index in [9.17, 15) is 38.5 Å². The molecule has 3 N–H and O–H groups in total. The Balaban J connectivity index is 1.68. The smallest absolute Gasteiger partial charge is 0.270 e. The van der Waals surface area contributed by atoms with E-state index in [1.54, 1.807) is 0 Å². The minimum atomic E-state index is -4.10. The number of non-ortho nitro benzene ring substituents is 2. The molecule has 0 fully saturated rings. The Hall–Kier alpha value is -4.52. The van der Waals surface area contributed by atoms with Crippen LogP contribution in [0.25, 0.3) is 0 Å². The van der Waals surface area contributed by atoms with Crippen molar-refractivity contribution in [2.24, 2.45) is 0 Å². The highest BCUT2D eigenvalue weighted by Crippen LogP contribution is 2.23. The fourth-order valence-corrected chi connectivity index (χ4v) is 3.87. The van der Waals surface area contributed by atoms with Gasteiger partial charge in [-0.05, 0) is 36.4 Å². The number of amides is 1. The minimum absolute atomic E-state index is 0.120. The summed E-state index contributed by atoms with van der Waals surface area (Å²) in [5.74, 6) is -0.777. The predicted octanol–water partition coefficient (Wildman–Crippen LogP) is 2.94. The van der Waals surface area contributed by atoms with Crippen molar-refractivity contribution in [2.45, 2.75) is 11.4 Å². The number of aromatic hydroxyl groups is 1. The minimum Gasteiger partial charge on any atom is -0.508 e. The lowest BCUT2D eigenvalue weighted by Crippen LogP contribution is -2.23. The van der Waals surface area contributed by atoms with Gasteiger partial charge < -0.3 is 10.4 Å². The molecule has 1 amide bonds. The number of rotatable bonds is 8. The van der Waals surface area contributed by atoms with Gasteiger partial charge >= 0.3 is 0 Å². The number of sulfonamides is 1. The first kappa shape index (κ1) is 23.1. The van der Waals surface area contributed by atoms with Gasteiger partial charge in [-0.15, -0.1) is 0 Å². The first-order valence-corrected chi connectivity index (χ1v) is 10.7. The highest BCUT2D eigenvalue weighted by atomic mass is 32.2. The maximum Gasteiger partial charge on any atom is 0.270 e. The number of nitrogens with zero attached hydrogens (tertiary/aromatic N) is 2. The van der Waals surface area contributed by atoms with Gasteiger partial charge in [0.25, 0.3) is 27.3 Å². The van der Waals surface area contributed by atoms with Crippen LogP contribution in [0, 0.1) is 20.2 Å². The summed E-state index contributed by atoms with van der Waals surface area (Å²) < 4.78 is 27.2. The Bertz CT molecular complexity index is 1340. The number of carbonyl (C=O) groups is 1. The second-order valence-corrected chi connectivity index (χ2v) is 8.37. The van der Waals surface area contributed by atoms with Crippen LogP contribution in [0.1, 0.15) is 15.9 Å². The lowest BCUT2D eigenvalue weighted by atomic mass is 10.1. The van der Waals surface area contributed by atoms with Crippen molar-refractivity contribution in [1.82, 2.24) is 5.32 Å². The molecule has 0 bridgehead atoms. The number of nitrogens with one attached hydrogen (secondary N) is 2. The van der Waals surface area contributed by atoms with Crippen LogP contribution in [0.15, 0.2) is 71.6 Å². The summed E-state index contributed by atoms with van der Waals surface area (Å²) in [5.41, 5.74) is -0.177. The average Bonchev–Trinajstić information content (AvgIpc) is 2.78. The van der Waals surface area contributed by atoms with Gasteiger partial charge in [-0.25, -0.2) is 8.42 Å². The van der Waals surface area contributed by atoms with Crippen molar-refractivity contribution in [2.75, 3.05) is 4.72 Å². The number of hydrogen-bond acceptors (Lipinski definition) is 8. The van der Waals surface area contributed by atoms with E-state index in [0.29, 0.717) is 0 Å². The summed E-state index contributed by atoms with van der Waals surface area (Å²) in [4.78, 5) is 32.4. The van der Waals surface area contributed by atoms with Crippen LogP contribution in [0.4, 0.5) is 17.1 Å². The Labute approximate surface area is 186 Å². The molecule has 12 nitrogen and oxygen atoms in total. The van der Waals surface area contributed by atoms with E-state index in [2.05, 4.69) is 10.0 Å². The normalized spacial score (nSPS) is 10.9. The molecule has 0 aliphatic carbocycles. The van der Waals surface area contributed by atoms with E-state index in [1.807, 2.05) is 0 Å². The van der Waals surface area contributed by atoms with Crippen LogP contribution >= 0.6 is 0 Å². The summed E-state index contributed by atoms with van der Waals surface area (Å²) in [6.07, 6.45) is 0. The quantitative estimate of drug-likeness (QED) is 0.330. The Morgan fingerprint density at radius 2 is 1.55 bits per heavy atom. The predicted molar refractivity (Wildman–Crippen MR) is 116 cm³/mol. The highest BCUT2D eigenvalue weighted by Gasteiger charge is 2.18. The number of phenols is 1. The summed E-state index contributed by atoms with van der Waals surface area (Å²) in [7, 11) is -4.10. The van der Waals surface area contributed by atoms with Crippen LogP contribution in [0.5, 0.6) is 5.75 Å². The summed E-state index contributed by atoms with van der Waals surface area (Å²) in [6, 6.07) is 13.3. The fraction of sp³-hybridized carbons (Fsp3) is 0.0500. The molecule has 33 heavy (non-hydrogen) atoms. The largest absolute Gasteiger partial charge is 0.508 e. The molecule has 0 heterocycles. The molecule has 0 aromatic heterocycles. The number of nitro groups is 2. The van der Waals surface area contributed by atoms with Crippen molar-refractivity contribution in [3.8, 4) is 5.75 Å². The van der Waals surface area contributed by atoms with Gasteiger partial charge in [-0.3, -0.25) is 29.7 Å². The van der Waals surface area contributed by atoms with Gasteiger partial charge in [0.2, 0.25) is 0 Å². The standard InChI is InChI=1S/C20H16N4O8S/c25-19-9-8-17(24(29)30)10-14(19)12-21-20(26)13-4-6-15(7-5-13)22-33(31,32)18-3-1-2-16(11-18)23(27)28/h1-11,22,25H,12H2,(H,21,26). The van der Waals surface area contributed by atoms with E-state index in [1.165, 1.54) is 42.5 Å². The van der Waals surface area contributed by atoms with Crippen molar-refractivity contribution in [3.63, 3.8) is 0 Å². The molecule has 0 saturated carbocycles. The van der Waals surface area contributed by atoms with Crippen LogP contribution in [-0.2, 0) is 16.6 Å². The maximum absolute atomic E-state index is 12.5. The molecule has 3 aromatic carbocycles. The Kier molecular flexibility index (Phi) is 6.53. The second-order valence-electron chi connectivity index (χ2n) is 6.69. The van der Waals surface area contributed by atoms with Crippen LogP contribution < -0.4 is 10.0 Å². The van der Waals surface area contributed by atoms with E-state index in [-0.39, 0.29) is 45.4 Å². The van der Waals surface area contributed by atoms with Crippen LogP contribution in [0.3, 0.4) is 0 Å². The lowest BCUT2D eigenvalue weighted by molar-refractivity contribution is -0.385. The van der Waals surface area contributed by atoms with E-state index >= 15 is 0 Å². The molecule has 0 spiro atoms. The average molecular weight is 472 g/mol. The number of hydrogen-bond donors (Lipinski definition) is 3. The third kappa shape index (κ3) is 5.59. The maximum atomic E-state index is 12.5. The van der Waals surface area contributed by atoms with Gasteiger partial charge in [0.1, 0.15) is 5.75 Å². The molecule has 3 rings (SSSR count). The zero-order chi connectivity index (χ0) is 24.2. The second kappa shape index (κ2) is 9.32. The first-order chi connectivity index (χ1) is 15.6. The van der Waals surface area contributed by atoms with E-state index < -0.39 is 25.8 Å². The topological polar surface area (TPSA) is 182 Å². The van der Waals surface area contributed by atoms with E-state index in [4.69, 9.17) is 0 Å². The third-order valence-electron chi connectivity index (χ3n) is 4.45. The van der Waals surface area contributed by atoms with Crippen molar-refractivity contribution >= 4 is 33.0 Å². The number of phenolic OH excluding ortho intramolecular Hbond substituents is 1. The fourth-order valence-electron chi connectivity index (χ4n) is 2.77. The van der Waals surface area contributed by atoms with Crippen molar-refractivity contribution in [3.05, 3.63) is 98.1 Å². The molecule has 0 atom stereocenters. The van der Waals surface area contributed by atoms with Gasteiger partial charge in [0.05, 0.1) is 14.7 Å². The van der Waals surface area contributed by atoms with Crippen molar-refractivity contribution in [1.29, 1.82) is 0 Å². The molecule has 3 aromatic rings. The lowest BCUT2D eigenvalue weighted by Gasteiger charge is -2.10. The molecule has 0 aliphatic rings. The molecule has 0 saturated heterocycles. The highest BCUT2D eigenvalue weighted by molar-refractivity contribution is 7.92. The Morgan fingerprint density at radius 3 is 2.18 bits per heavy atom. The Morgan fingerprint density at radius 1 is 0.909 bits per heavy atom. The van der Waals surface area contributed by atoms with Gasteiger partial charge in [0.15, 0.2) is 0 Å². The molecular formula is C20H16N4O8S. The van der Waals surface area contributed by atoms with Gasteiger partial charge in [-0.1, -0.05) is 6.07 Å². The van der Waals surface area contributed by atoms with Crippen LogP contribution in [-0.4, -0.2) is 29.3 Å². The SMILES string of the molecule is O=C(NCc1cc([N+](=O)[O-])ccc1O)c1ccc(NS(=O)(=O)c2cccc([N+](=O)[O-])c2)cc1. The monoisotopic (exact) mass is 472 g/mol. The first-order valence-electron chi connectivity index (χ1n) is 9.18. The molecule has 0 unspecified atom stereocenters. The zero-order valence-corrected chi connectivity index (χ0v) is 17.5. The van der Waals surface area contributed by atoms with Crippen molar-refractivity contribution < 1.29 is 28.2 Å². The van der Waals surface area contributed by atoms with E-state index in [0.717, 1.165) is 24.3 Å². The summed E-state index contributed by atoms with van der Waals surface area (Å²) in [5, 5.41) is 34.0. The number of nitro benzene ring substituents is 2. The number of carbonyl (C=O) groups excluding carboxylic acids is 1. The molecule has 13 heteroatoms. The molecule has 170 valence electrons. The molecule has 0 aliphatic heterocycles. The molecule has 0 radical (unpaired) electrons. The van der Waals surface area contributed by atoms with Crippen LogP contribution in [0.2, 0.25) is 0 Å². The zero-order valence-electron chi connectivity index (χ0n) is 16.7. The number of anilines is 1. The van der Waals surface area contributed by atoms with Gasteiger partial charge in [0, 0.05) is 47.6 Å².